The van der Waals surface area contributed by atoms with Crippen LogP contribution < -0.4 is 5.32 Å². The number of hydrogen-bond donors (Lipinski definition) is 2. The molecule has 1 aliphatic carbocycles. The average Bonchev–Trinajstić information content (AvgIpc) is 2.86. The zero-order valence-corrected chi connectivity index (χ0v) is 12.0. The molecule has 4 nitrogen and oxygen atoms in total. The van der Waals surface area contributed by atoms with E-state index in [-0.39, 0.29) is 5.01 Å². The van der Waals surface area contributed by atoms with E-state index in [2.05, 4.69) is 16.6 Å². The standard InChI is InChI=1S/C12H18N2O2S2/c1-17-10-4-2-8(3-5-10)13-6-9-7-18-11(14-9)12(15)16/h7-8,10,13H,2-6H2,1H3,(H,15,16). The summed E-state index contributed by atoms with van der Waals surface area (Å²) >= 11 is 3.16. The van der Waals surface area contributed by atoms with Gasteiger partial charge in [0.15, 0.2) is 0 Å². The largest absolute Gasteiger partial charge is 0.476 e. The summed E-state index contributed by atoms with van der Waals surface area (Å²) in [4.78, 5) is 14.8. The number of aromatic carboxylic acids is 1. The van der Waals surface area contributed by atoms with Crippen LogP contribution in [0.2, 0.25) is 0 Å². The molecule has 0 aliphatic heterocycles. The van der Waals surface area contributed by atoms with E-state index in [4.69, 9.17) is 5.11 Å². The number of carboxylic acid groups (broad SMARTS) is 1. The molecule has 0 amide bonds. The van der Waals surface area contributed by atoms with E-state index in [1.807, 2.05) is 17.1 Å². The second-order valence-electron chi connectivity index (χ2n) is 4.54. The first-order chi connectivity index (χ1) is 8.69. The highest BCUT2D eigenvalue weighted by Crippen LogP contribution is 2.27. The Morgan fingerprint density at radius 1 is 1.56 bits per heavy atom. The highest BCUT2D eigenvalue weighted by atomic mass is 32.2. The number of carbonyl (C=O) groups is 1. The van der Waals surface area contributed by atoms with Crippen LogP contribution in [0.4, 0.5) is 0 Å². The van der Waals surface area contributed by atoms with Gasteiger partial charge in [0.25, 0.3) is 0 Å². The van der Waals surface area contributed by atoms with Gasteiger partial charge in [0.2, 0.25) is 5.01 Å². The van der Waals surface area contributed by atoms with E-state index in [1.165, 1.54) is 37.0 Å². The van der Waals surface area contributed by atoms with Gasteiger partial charge in [-0.15, -0.1) is 11.3 Å². The minimum absolute atomic E-state index is 0.179. The summed E-state index contributed by atoms with van der Waals surface area (Å²) in [5.74, 6) is -0.938. The molecule has 2 N–H and O–H groups in total. The third-order valence-corrected chi connectivity index (χ3v) is 5.33. The molecular formula is C12H18N2O2S2. The lowest BCUT2D eigenvalue weighted by Crippen LogP contribution is -2.33. The van der Waals surface area contributed by atoms with Gasteiger partial charge in [0.05, 0.1) is 5.69 Å². The van der Waals surface area contributed by atoms with Crippen LogP contribution in [0.15, 0.2) is 5.38 Å². The Bertz CT molecular complexity index is 401. The van der Waals surface area contributed by atoms with Crippen LogP contribution in [-0.2, 0) is 6.54 Å². The van der Waals surface area contributed by atoms with Crippen LogP contribution >= 0.6 is 23.1 Å². The van der Waals surface area contributed by atoms with Crippen molar-refractivity contribution in [1.82, 2.24) is 10.3 Å². The maximum absolute atomic E-state index is 10.7. The van der Waals surface area contributed by atoms with Crippen molar-refractivity contribution in [2.75, 3.05) is 6.26 Å². The van der Waals surface area contributed by atoms with Crippen molar-refractivity contribution < 1.29 is 9.90 Å². The summed E-state index contributed by atoms with van der Waals surface area (Å²) in [7, 11) is 0. The molecule has 1 aliphatic rings. The number of thiazole rings is 1. The first kappa shape index (κ1) is 13.8. The van der Waals surface area contributed by atoms with Gasteiger partial charge < -0.3 is 10.4 Å². The quantitative estimate of drug-likeness (QED) is 0.871. The molecule has 1 fully saturated rings. The van der Waals surface area contributed by atoms with Crippen LogP contribution in [0.3, 0.4) is 0 Å². The fourth-order valence-corrected chi connectivity index (χ4v) is 3.64. The summed E-state index contributed by atoms with van der Waals surface area (Å²) < 4.78 is 0. The second kappa shape index (κ2) is 6.54. The SMILES string of the molecule is CSC1CCC(NCc2csc(C(=O)O)n2)CC1. The number of hydrogen-bond acceptors (Lipinski definition) is 5. The molecule has 100 valence electrons. The number of nitrogens with zero attached hydrogens (tertiary/aromatic N) is 1. The Morgan fingerprint density at radius 2 is 2.28 bits per heavy atom. The molecule has 1 aromatic rings. The molecule has 0 radical (unpaired) electrons. The molecule has 6 heteroatoms. The van der Waals surface area contributed by atoms with Crippen LogP contribution in [-0.4, -0.2) is 33.6 Å². The lowest BCUT2D eigenvalue weighted by atomic mass is 9.95. The third-order valence-electron chi connectivity index (χ3n) is 3.31. The minimum Gasteiger partial charge on any atom is -0.476 e. The van der Waals surface area contributed by atoms with E-state index >= 15 is 0 Å². The highest BCUT2D eigenvalue weighted by molar-refractivity contribution is 7.99. The molecule has 0 unspecified atom stereocenters. The number of thioether (sulfide) groups is 1. The summed E-state index contributed by atoms with van der Waals surface area (Å²) in [6.45, 7) is 0.679. The molecule has 2 rings (SSSR count). The van der Waals surface area contributed by atoms with Crippen molar-refractivity contribution in [1.29, 1.82) is 0 Å². The molecular weight excluding hydrogens is 268 g/mol. The van der Waals surface area contributed by atoms with Gasteiger partial charge in [0, 0.05) is 23.2 Å². The lowest BCUT2D eigenvalue weighted by molar-refractivity contribution is 0.0696. The predicted octanol–water partition coefficient (Wildman–Crippen LogP) is 2.61. The monoisotopic (exact) mass is 286 g/mol. The molecule has 1 saturated carbocycles. The molecule has 0 bridgehead atoms. The molecule has 0 atom stereocenters. The van der Waals surface area contributed by atoms with Crippen molar-refractivity contribution >= 4 is 29.1 Å². The summed E-state index contributed by atoms with van der Waals surface area (Å²) in [6.07, 6.45) is 7.15. The molecule has 0 aromatic carbocycles. The summed E-state index contributed by atoms with van der Waals surface area (Å²) in [6, 6.07) is 0.559. The van der Waals surface area contributed by atoms with E-state index < -0.39 is 5.97 Å². The van der Waals surface area contributed by atoms with Crippen molar-refractivity contribution in [3.63, 3.8) is 0 Å². The Morgan fingerprint density at radius 3 is 2.83 bits per heavy atom. The van der Waals surface area contributed by atoms with Gasteiger partial charge in [-0.3, -0.25) is 0 Å². The Kier molecular flexibility index (Phi) is 5.03. The first-order valence-corrected chi connectivity index (χ1v) is 8.29. The number of rotatable bonds is 5. The highest BCUT2D eigenvalue weighted by Gasteiger charge is 2.20. The van der Waals surface area contributed by atoms with E-state index in [0.29, 0.717) is 12.6 Å². The third kappa shape index (κ3) is 3.70. The van der Waals surface area contributed by atoms with Crippen LogP contribution in [0, 0.1) is 0 Å². The number of carboxylic acids is 1. The Hall–Kier alpha value is -0.590. The average molecular weight is 286 g/mol. The predicted molar refractivity (Wildman–Crippen MR) is 75.5 cm³/mol. The van der Waals surface area contributed by atoms with Gasteiger partial charge in [-0.05, 0) is 31.9 Å². The zero-order chi connectivity index (χ0) is 13.0. The smallest absolute Gasteiger partial charge is 0.365 e. The van der Waals surface area contributed by atoms with Gasteiger partial charge >= 0.3 is 5.97 Å². The van der Waals surface area contributed by atoms with Crippen molar-refractivity contribution in [2.24, 2.45) is 0 Å². The lowest BCUT2D eigenvalue weighted by Gasteiger charge is -2.27. The van der Waals surface area contributed by atoms with Crippen LogP contribution in [0.5, 0.6) is 0 Å². The van der Waals surface area contributed by atoms with Gasteiger partial charge in [-0.25, -0.2) is 9.78 Å². The van der Waals surface area contributed by atoms with Gasteiger partial charge in [0.1, 0.15) is 0 Å². The van der Waals surface area contributed by atoms with E-state index in [1.54, 1.807) is 0 Å². The number of aromatic nitrogens is 1. The first-order valence-electron chi connectivity index (χ1n) is 6.13. The molecule has 1 heterocycles. The van der Waals surface area contributed by atoms with Crippen LogP contribution in [0.1, 0.15) is 41.2 Å². The maximum Gasteiger partial charge on any atom is 0.365 e. The van der Waals surface area contributed by atoms with Gasteiger partial charge in [-0.2, -0.15) is 11.8 Å². The van der Waals surface area contributed by atoms with E-state index in [9.17, 15) is 4.79 Å². The van der Waals surface area contributed by atoms with Crippen molar-refractivity contribution in [2.45, 2.75) is 43.5 Å². The topological polar surface area (TPSA) is 62.2 Å². The fraction of sp³-hybridized carbons (Fsp3) is 0.667. The van der Waals surface area contributed by atoms with Crippen molar-refractivity contribution in [3.05, 3.63) is 16.1 Å². The fourth-order valence-electron chi connectivity index (χ4n) is 2.24. The Balaban J connectivity index is 1.76. The molecule has 1 aromatic heterocycles. The maximum atomic E-state index is 10.7. The normalized spacial score (nSPS) is 24.1. The Labute approximate surface area is 115 Å². The molecule has 18 heavy (non-hydrogen) atoms. The molecule has 0 spiro atoms. The number of nitrogens with one attached hydrogen (secondary N) is 1. The summed E-state index contributed by atoms with van der Waals surface area (Å²) in [5, 5.41) is 15.1. The van der Waals surface area contributed by atoms with Crippen LogP contribution in [0.25, 0.3) is 0 Å². The van der Waals surface area contributed by atoms with Gasteiger partial charge in [-0.1, -0.05) is 0 Å². The van der Waals surface area contributed by atoms with E-state index in [0.717, 1.165) is 10.9 Å². The summed E-state index contributed by atoms with van der Waals surface area (Å²) in [5.41, 5.74) is 0.837. The minimum atomic E-state index is -0.938. The second-order valence-corrected chi connectivity index (χ2v) is 6.54. The molecule has 0 saturated heterocycles. The van der Waals surface area contributed by atoms with Crippen molar-refractivity contribution in [3.8, 4) is 0 Å². The zero-order valence-electron chi connectivity index (χ0n) is 10.4.